The molecule has 1 fully saturated rings. The van der Waals surface area contributed by atoms with Crippen molar-refractivity contribution >= 4 is 12.0 Å². The summed E-state index contributed by atoms with van der Waals surface area (Å²) in [4.78, 5) is 26.3. The summed E-state index contributed by atoms with van der Waals surface area (Å²) < 4.78 is 5.16. The maximum absolute atomic E-state index is 12.8. The lowest BCUT2D eigenvalue weighted by Crippen LogP contribution is -2.43. The SMILES string of the molecule is C[C@@H](CCCc1ccccc1)C(=O)N1C(=O)OC[C@@H]1Cc1ccccc1. The molecule has 2 aromatic rings. The summed E-state index contributed by atoms with van der Waals surface area (Å²) >= 11 is 0. The average molecular weight is 351 g/mol. The van der Waals surface area contributed by atoms with Crippen LogP contribution in [0.25, 0.3) is 0 Å². The Morgan fingerprint density at radius 1 is 1.08 bits per heavy atom. The van der Waals surface area contributed by atoms with Gasteiger partial charge in [-0.25, -0.2) is 9.69 Å². The number of carbonyl (C=O) groups is 2. The van der Waals surface area contributed by atoms with Crippen LogP contribution in [-0.2, 0) is 22.4 Å². The standard InChI is InChI=1S/C22H25NO3/c1-17(9-8-14-18-10-4-2-5-11-18)21(24)23-20(16-26-22(23)25)15-19-12-6-3-7-13-19/h2-7,10-13,17,20H,8-9,14-16H2,1H3/t17-,20-/m0/s1. The predicted octanol–water partition coefficient (Wildman–Crippen LogP) is 4.24. The van der Waals surface area contributed by atoms with Crippen LogP contribution >= 0.6 is 0 Å². The topological polar surface area (TPSA) is 46.6 Å². The van der Waals surface area contributed by atoms with Crippen LogP contribution in [0.2, 0.25) is 0 Å². The summed E-state index contributed by atoms with van der Waals surface area (Å²) in [5.41, 5.74) is 2.38. The van der Waals surface area contributed by atoms with E-state index in [0.29, 0.717) is 6.42 Å². The Labute approximate surface area is 154 Å². The van der Waals surface area contributed by atoms with E-state index in [-0.39, 0.29) is 24.5 Å². The third-order valence-electron chi connectivity index (χ3n) is 4.88. The van der Waals surface area contributed by atoms with E-state index in [1.807, 2.05) is 55.5 Å². The van der Waals surface area contributed by atoms with Crippen molar-refractivity contribution in [2.75, 3.05) is 6.61 Å². The second-order valence-corrected chi connectivity index (χ2v) is 6.91. The molecule has 1 aliphatic heterocycles. The molecule has 2 aromatic carbocycles. The van der Waals surface area contributed by atoms with Gasteiger partial charge in [-0.15, -0.1) is 0 Å². The van der Waals surface area contributed by atoms with E-state index < -0.39 is 6.09 Å². The second-order valence-electron chi connectivity index (χ2n) is 6.91. The van der Waals surface area contributed by atoms with Crippen LogP contribution < -0.4 is 0 Å². The highest BCUT2D eigenvalue weighted by atomic mass is 16.6. The van der Waals surface area contributed by atoms with Crippen LogP contribution in [0, 0.1) is 5.92 Å². The van der Waals surface area contributed by atoms with Gasteiger partial charge < -0.3 is 4.74 Å². The average Bonchev–Trinajstić information content (AvgIpc) is 3.03. The molecule has 136 valence electrons. The van der Waals surface area contributed by atoms with Crippen molar-refractivity contribution in [3.05, 3.63) is 71.8 Å². The molecule has 0 radical (unpaired) electrons. The van der Waals surface area contributed by atoms with Gasteiger partial charge in [0.2, 0.25) is 5.91 Å². The number of aryl methyl sites for hydroxylation is 1. The molecule has 0 bridgehead atoms. The van der Waals surface area contributed by atoms with Gasteiger partial charge in [0, 0.05) is 5.92 Å². The maximum atomic E-state index is 12.8. The quantitative estimate of drug-likeness (QED) is 0.750. The number of hydrogen-bond acceptors (Lipinski definition) is 3. The predicted molar refractivity (Wildman–Crippen MR) is 101 cm³/mol. The molecule has 2 amide bonds. The summed E-state index contributed by atoms with van der Waals surface area (Å²) in [6.45, 7) is 2.18. The van der Waals surface area contributed by atoms with Gasteiger partial charge in [-0.3, -0.25) is 4.79 Å². The molecule has 0 unspecified atom stereocenters. The summed E-state index contributed by atoms with van der Waals surface area (Å²) in [6.07, 6.45) is 2.75. The second kappa shape index (κ2) is 8.65. The molecule has 4 nitrogen and oxygen atoms in total. The van der Waals surface area contributed by atoms with E-state index >= 15 is 0 Å². The largest absolute Gasteiger partial charge is 0.447 e. The molecule has 26 heavy (non-hydrogen) atoms. The van der Waals surface area contributed by atoms with E-state index in [0.717, 1.165) is 24.8 Å². The summed E-state index contributed by atoms with van der Waals surface area (Å²) in [5, 5.41) is 0. The molecule has 0 aliphatic carbocycles. The zero-order valence-electron chi connectivity index (χ0n) is 15.1. The highest BCUT2D eigenvalue weighted by Gasteiger charge is 2.39. The van der Waals surface area contributed by atoms with Gasteiger partial charge in [-0.1, -0.05) is 67.6 Å². The van der Waals surface area contributed by atoms with Crippen LogP contribution in [0.1, 0.15) is 30.9 Å². The number of ether oxygens (including phenoxy) is 1. The van der Waals surface area contributed by atoms with E-state index in [4.69, 9.17) is 4.74 Å². The zero-order valence-corrected chi connectivity index (χ0v) is 15.1. The maximum Gasteiger partial charge on any atom is 0.416 e. The molecule has 4 heteroatoms. The first-order valence-electron chi connectivity index (χ1n) is 9.23. The van der Waals surface area contributed by atoms with Crippen molar-refractivity contribution in [1.82, 2.24) is 4.90 Å². The Balaban J connectivity index is 1.56. The normalized spacial score (nSPS) is 17.8. The lowest BCUT2D eigenvalue weighted by molar-refractivity contribution is -0.133. The summed E-state index contributed by atoms with van der Waals surface area (Å²) in [5.74, 6) is -0.316. The van der Waals surface area contributed by atoms with Crippen LogP contribution in [0.15, 0.2) is 60.7 Å². The fraction of sp³-hybridized carbons (Fsp3) is 0.364. The molecule has 0 spiro atoms. The van der Waals surface area contributed by atoms with E-state index in [1.165, 1.54) is 10.5 Å². The van der Waals surface area contributed by atoms with Crippen LogP contribution in [0.3, 0.4) is 0 Å². The number of nitrogens with zero attached hydrogens (tertiary/aromatic N) is 1. The fourth-order valence-electron chi connectivity index (χ4n) is 3.38. The minimum atomic E-state index is -0.508. The van der Waals surface area contributed by atoms with Gasteiger partial charge in [0.05, 0.1) is 6.04 Å². The van der Waals surface area contributed by atoms with Gasteiger partial charge >= 0.3 is 6.09 Å². The van der Waals surface area contributed by atoms with Crippen molar-refractivity contribution in [1.29, 1.82) is 0 Å². The van der Waals surface area contributed by atoms with E-state index in [2.05, 4.69) is 12.1 Å². The summed E-state index contributed by atoms with van der Waals surface area (Å²) in [7, 11) is 0. The van der Waals surface area contributed by atoms with Gasteiger partial charge in [0.15, 0.2) is 0 Å². The van der Waals surface area contributed by atoms with Crippen LogP contribution in [-0.4, -0.2) is 29.5 Å². The smallest absolute Gasteiger partial charge is 0.416 e. The Morgan fingerprint density at radius 2 is 1.69 bits per heavy atom. The molecular weight excluding hydrogens is 326 g/mol. The van der Waals surface area contributed by atoms with Crippen molar-refractivity contribution in [2.24, 2.45) is 5.92 Å². The molecule has 1 aliphatic rings. The lowest BCUT2D eigenvalue weighted by atomic mass is 9.98. The van der Waals surface area contributed by atoms with Crippen molar-refractivity contribution in [3.8, 4) is 0 Å². The molecular formula is C22H25NO3. The third-order valence-corrected chi connectivity index (χ3v) is 4.88. The fourth-order valence-corrected chi connectivity index (χ4v) is 3.38. The lowest BCUT2D eigenvalue weighted by Gasteiger charge is -2.23. The molecule has 3 rings (SSSR count). The van der Waals surface area contributed by atoms with Gasteiger partial charge in [-0.05, 0) is 36.8 Å². The minimum Gasteiger partial charge on any atom is -0.447 e. The number of imide groups is 1. The van der Waals surface area contributed by atoms with Crippen molar-refractivity contribution in [3.63, 3.8) is 0 Å². The zero-order chi connectivity index (χ0) is 18.4. The number of amides is 2. The first kappa shape index (κ1) is 18.2. The van der Waals surface area contributed by atoms with Gasteiger partial charge in [-0.2, -0.15) is 0 Å². The Hall–Kier alpha value is -2.62. The van der Waals surface area contributed by atoms with Crippen molar-refractivity contribution < 1.29 is 14.3 Å². The molecule has 0 aromatic heterocycles. The first-order valence-corrected chi connectivity index (χ1v) is 9.23. The Kier molecular flexibility index (Phi) is 6.05. The van der Waals surface area contributed by atoms with Crippen molar-refractivity contribution in [2.45, 2.75) is 38.6 Å². The number of cyclic esters (lactones) is 1. The first-order chi connectivity index (χ1) is 12.6. The molecule has 1 heterocycles. The number of carbonyl (C=O) groups excluding carboxylic acids is 2. The van der Waals surface area contributed by atoms with Gasteiger partial charge in [0.1, 0.15) is 6.61 Å². The number of rotatable bonds is 7. The minimum absolute atomic E-state index is 0.124. The van der Waals surface area contributed by atoms with Crippen LogP contribution in [0.4, 0.5) is 4.79 Å². The third kappa shape index (κ3) is 4.51. The summed E-state index contributed by atoms with van der Waals surface area (Å²) in [6, 6.07) is 19.9. The molecule has 0 saturated carbocycles. The highest BCUT2D eigenvalue weighted by molar-refractivity contribution is 5.94. The molecule has 2 atom stereocenters. The van der Waals surface area contributed by atoms with E-state index in [1.54, 1.807) is 0 Å². The Bertz CT molecular complexity index is 730. The van der Waals surface area contributed by atoms with E-state index in [9.17, 15) is 9.59 Å². The Morgan fingerprint density at radius 3 is 2.35 bits per heavy atom. The molecule has 0 N–H and O–H groups in total. The monoisotopic (exact) mass is 351 g/mol. The number of benzene rings is 2. The number of hydrogen-bond donors (Lipinski definition) is 0. The molecule has 1 saturated heterocycles. The van der Waals surface area contributed by atoms with Gasteiger partial charge in [0.25, 0.3) is 0 Å². The highest BCUT2D eigenvalue weighted by Crippen LogP contribution is 2.22. The van der Waals surface area contributed by atoms with Crippen LogP contribution in [0.5, 0.6) is 0 Å².